The van der Waals surface area contributed by atoms with Crippen molar-refractivity contribution in [3.8, 4) is 0 Å². The van der Waals surface area contributed by atoms with Crippen LogP contribution in [0, 0.1) is 5.92 Å². The molecule has 2 aromatic rings. The molecule has 1 aromatic carbocycles. The number of benzene rings is 1. The van der Waals surface area contributed by atoms with Gasteiger partial charge in [0.15, 0.2) is 0 Å². The average molecular weight is 301 g/mol. The van der Waals surface area contributed by atoms with Crippen molar-refractivity contribution >= 4 is 17.0 Å². The summed E-state index contributed by atoms with van der Waals surface area (Å²) in [6.07, 6.45) is 3.11. The maximum absolute atomic E-state index is 4.46. The zero-order chi connectivity index (χ0) is 14.7. The van der Waals surface area contributed by atoms with E-state index in [1.54, 1.807) is 11.3 Å². The molecule has 1 unspecified atom stereocenters. The summed E-state index contributed by atoms with van der Waals surface area (Å²) in [5.74, 6) is 0.713. The molecule has 21 heavy (non-hydrogen) atoms. The Morgan fingerprint density at radius 2 is 2.24 bits per heavy atom. The zero-order valence-electron chi connectivity index (χ0n) is 12.7. The minimum absolute atomic E-state index is 0.539. The topological polar surface area (TPSA) is 28.2 Å². The summed E-state index contributed by atoms with van der Waals surface area (Å²) < 4.78 is 0. The van der Waals surface area contributed by atoms with Gasteiger partial charge in [-0.25, -0.2) is 4.98 Å². The molecule has 0 fully saturated rings. The molecular weight excluding hydrogens is 278 g/mol. The van der Waals surface area contributed by atoms with Crippen LogP contribution in [-0.2, 0) is 13.1 Å². The normalized spacial score (nSPS) is 18.6. The zero-order valence-corrected chi connectivity index (χ0v) is 13.6. The van der Waals surface area contributed by atoms with E-state index in [0.717, 1.165) is 19.6 Å². The molecule has 1 aliphatic heterocycles. The first-order chi connectivity index (χ1) is 10.2. The molecular formula is C17H23N3S. The van der Waals surface area contributed by atoms with E-state index >= 15 is 0 Å². The molecule has 3 rings (SSSR count). The van der Waals surface area contributed by atoms with Crippen molar-refractivity contribution in [1.82, 2.24) is 10.3 Å². The lowest BCUT2D eigenvalue weighted by Crippen LogP contribution is -2.38. The number of fused-ring (bicyclic) bond motifs is 1. The van der Waals surface area contributed by atoms with Crippen LogP contribution in [0.1, 0.15) is 30.8 Å². The van der Waals surface area contributed by atoms with Gasteiger partial charge in [-0.05, 0) is 24.0 Å². The Kier molecular flexibility index (Phi) is 4.56. The molecule has 0 spiro atoms. The van der Waals surface area contributed by atoms with Gasteiger partial charge in [0.05, 0.1) is 6.54 Å². The number of anilines is 1. The molecule has 1 aliphatic rings. The maximum atomic E-state index is 4.46. The summed E-state index contributed by atoms with van der Waals surface area (Å²) in [5.41, 5.74) is 2.74. The second-order valence-corrected chi connectivity index (χ2v) is 7.12. The van der Waals surface area contributed by atoms with Gasteiger partial charge in [0, 0.05) is 36.4 Å². The van der Waals surface area contributed by atoms with Gasteiger partial charge in [-0.3, -0.25) is 0 Å². The average Bonchev–Trinajstić information content (AvgIpc) is 2.90. The Morgan fingerprint density at radius 1 is 1.38 bits per heavy atom. The summed E-state index contributed by atoms with van der Waals surface area (Å²) in [6, 6.07) is 9.27. The van der Waals surface area contributed by atoms with Crippen molar-refractivity contribution in [3.63, 3.8) is 0 Å². The fourth-order valence-electron chi connectivity index (χ4n) is 3.02. The number of thiazole rings is 1. The third-order valence-corrected chi connectivity index (χ3v) is 4.68. The van der Waals surface area contributed by atoms with Gasteiger partial charge in [0.2, 0.25) is 0 Å². The van der Waals surface area contributed by atoms with Gasteiger partial charge in [-0.2, -0.15) is 0 Å². The Labute approximate surface area is 131 Å². The molecule has 0 saturated carbocycles. The Hall–Kier alpha value is -1.39. The highest BCUT2D eigenvalue weighted by Gasteiger charge is 2.22. The maximum Gasteiger partial charge on any atom is 0.112 e. The van der Waals surface area contributed by atoms with E-state index in [4.69, 9.17) is 0 Å². The summed E-state index contributed by atoms with van der Waals surface area (Å²) in [4.78, 5) is 6.94. The fraction of sp³-hybridized carbons (Fsp3) is 0.471. The van der Waals surface area contributed by atoms with Gasteiger partial charge in [-0.15, -0.1) is 11.3 Å². The minimum Gasteiger partial charge on any atom is -0.363 e. The van der Waals surface area contributed by atoms with E-state index in [-0.39, 0.29) is 0 Å². The highest BCUT2D eigenvalue weighted by atomic mass is 32.1. The number of nitrogens with zero attached hydrogens (tertiary/aromatic N) is 2. The quantitative estimate of drug-likeness (QED) is 0.934. The highest BCUT2D eigenvalue weighted by molar-refractivity contribution is 7.09. The lowest BCUT2D eigenvalue weighted by molar-refractivity contribution is 0.421. The van der Waals surface area contributed by atoms with E-state index in [1.807, 2.05) is 6.20 Å². The van der Waals surface area contributed by atoms with Crippen LogP contribution in [0.3, 0.4) is 0 Å². The van der Waals surface area contributed by atoms with E-state index < -0.39 is 0 Å². The molecule has 0 aliphatic carbocycles. The molecule has 0 radical (unpaired) electrons. The summed E-state index contributed by atoms with van der Waals surface area (Å²) in [5, 5.41) is 6.97. The summed E-state index contributed by atoms with van der Waals surface area (Å²) >= 11 is 1.74. The molecule has 0 bridgehead atoms. The first-order valence-corrected chi connectivity index (χ1v) is 8.55. The molecule has 1 aromatic heterocycles. The van der Waals surface area contributed by atoms with Crippen molar-refractivity contribution < 1.29 is 0 Å². The van der Waals surface area contributed by atoms with Crippen molar-refractivity contribution in [3.05, 3.63) is 46.4 Å². The van der Waals surface area contributed by atoms with Crippen molar-refractivity contribution in [2.45, 2.75) is 39.4 Å². The molecule has 112 valence electrons. The van der Waals surface area contributed by atoms with Crippen LogP contribution < -0.4 is 10.2 Å². The molecule has 0 amide bonds. The fourth-order valence-corrected chi connectivity index (χ4v) is 3.65. The van der Waals surface area contributed by atoms with E-state index in [1.165, 1.54) is 22.7 Å². The monoisotopic (exact) mass is 301 g/mol. The predicted octanol–water partition coefficient (Wildman–Crippen LogP) is 3.67. The van der Waals surface area contributed by atoms with E-state index in [9.17, 15) is 0 Å². The third kappa shape index (κ3) is 3.63. The standard InChI is InChI=1S/C17H23N3S/c1-13(2)9-15-11-20(12-17-18-7-8-21-17)16-6-4-3-5-14(16)10-19-15/h3-8,13,15,19H,9-12H2,1-2H3. The predicted molar refractivity (Wildman–Crippen MR) is 89.7 cm³/mol. The summed E-state index contributed by atoms with van der Waals surface area (Å²) in [7, 11) is 0. The minimum atomic E-state index is 0.539. The van der Waals surface area contributed by atoms with Crippen LogP contribution in [0.15, 0.2) is 35.8 Å². The first-order valence-electron chi connectivity index (χ1n) is 7.67. The van der Waals surface area contributed by atoms with Crippen LogP contribution in [0.2, 0.25) is 0 Å². The second kappa shape index (κ2) is 6.58. The molecule has 1 atom stereocenters. The molecule has 4 heteroatoms. The van der Waals surface area contributed by atoms with Gasteiger partial charge in [-0.1, -0.05) is 32.0 Å². The van der Waals surface area contributed by atoms with Gasteiger partial charge < -0.3 is 10.2 Å². The molecule has 3 nitrogen and oxygen atoms in total. The van der Waals surface area contributed by atoms with Crippen LogP contribution in [0.5, 0.6) is 0 Å². The first kappa shape index (κ1) is 14.5. The third-order valence-electron chi connectivity index (χ3n) is 3.92. The lowest BCUT2D eigenvalue weighted by atomic mass is 10.0. The number of aromatic nitrogens is 1. The van der Waals surface area contributed by atoms with E-state index in [0.29, 0.717) is 12.0 Å². The Morgan fingerprint density at radius 3 is 3.00 bits per heavy atom. The number of hydrogen-bond donors (Lipinski definition) is 1. The van der Waals surface area contributed by atoms with Gasteiger partial charge in [0.25, 0.3) is 0 Å². The van der Waals surface area contributed by atoms with E-state index in [2.05, 4.69) is 58.7 Å². The van der Waals surface area contributed by atoms with Crippen molar-refractivity contribution in [2.75, 3.05) is 11.4 Å². The van der Waals surface area contributed by atoms with Crippen LogP contribution in [-0.4, -0.2) is 17.6 Å². The van der Waals surface area contributed by atoms with Crippen LogP contribution in [0.4, 0.5) is 5.69 Å². The lowest BCUT2D eigenvalue weighted by Gasteiger charge is -2.27. The largest absolute Gasteiger partial charge is 0.363 e. The van der Waals surface area contributed by atoms with Gasteiger partial charge >= 0.3 is 0 Å². The van der Waals surface area contributed by atoms with Crippen LogP contribution in [0.25, 0.3) is 0 Å². The van der Waals surface area contributed by atoms with Crippen LogP contribution >= 0.6 is 11.3 Å². The highest BCUT2D eigenvalue weighted by Crippen LogP contribution is 2.26. The van der Waals surface area contributed by atoms with Gasteiger partial charge in [0.1, 0.15) is 5.01 Å². The molecule has 2 heterocycles. The number of hydrogen-bond acceptors (Lipinski definition) is 4. The van der Waals surface area contributed by atoms with Crippen molar-refractivity contribution in [2.24, 2.45) is 5.92 Å². The molecule has 0 saturated heterocycles. The van der Waals surface area contributed by atoms with Crippen molar-refractivity contribution in [1.29, 1.82) is 0 Å². The Bertz CT molecular complexity index is 565. The number of nitrogens with one attached hydrogen (secondary N) is 1. The number of para-hydroxylation sites is 1. The Balaban J connectivity index is 1.84. The number of rotatable bonds is 4. The SMILES string of the molecule is CC(C)CC1CN(Cc2nccs2)c2ccccc2CN1. The second-order valence-electron chi connectivity index (χ2n) is 6.14. The smallest absolute Gasteiger partial charge is 0.112 e. The molecule has 1 N–H and O–H groups in total. The summed E-state index contributed by atoms with van der Waals surface area (Å²) in [6.45, 7) is 7.51.